The summed E-state index contributed by atoms with van der Waals surface area (Å²) in [4.78, 5) is 28.1. The van der Waals surface area contributed by atoms with Crippen LogP contribution in [0.25, 0.3) is 0 Å². The number of ether oxygens (including phenoxy) is 3. The van der Waals surface area contributed by atoms with Crippen molar-refractivity contribution in [1.29, 1.82) is 0 Å². The van der Waals surface area contributed by atoms with Gasteiger partial charge in [-0.3, -0.25) is 9.59 Å². The van der Waals surface area contributed by atoms with Crippen molar-refractivity contribution in [3.05, 3.63) is 40.5 Å². The highest BCUT2D eigenvalue weighted by Gasteiger charge is 2.81. The zero-order valence-corrected chi connectivity index (χ0v) is 20.9. The molecule has 6 nitrogen and oxygen atoms in total. The summed E-state index contributed by atoms with van der Waals surface area (Å²) >= 11 is 0. The van der Waals surface area contributed by atoms with Gasteiger partial charge in [-0.25, -0.2) is 0 Å². The lowest BCUT2D eigenvalue weighted by atomic mass is 9.51. The summed E-state index contributed by atoms with van der Waals surface area (Å²) in [6, 6.07) is 1.53. The quantitative estimate of drug-likeness (QED) is 0.633. The molecule has 6 heteroatoms. The van der Waals surface area contributed by atoms with Crippen LogP contribution < -0.4 is 9.47 Å². The predicted octanol–water partition coefficient (Wildman–Crippen LogP) is 4.81. The van der Waals surface area contributed by atoms with Gasteiger partial charge in [0, 0.05) is 40.9 Å². The molecule has 0 aromatic heterocycles. The average Bonchev–Trinajstić information content (AvgIpc) is 3.05. The standard InChI is InChI=1S/C28H32O6/c1-13(2)8-9-27-24(31)15-10-16-22(30)20-17(29)12-18-21(25(4,5)14(3)32-18)23(20)33-28(16,27)19(11-15)26(6,7)34-27/h8,10,12,14-15,19,29H,9,11H2,1-7H3/t14-,15+,19-,27+,28-/m1/s1. The van der Waals surface area contributed by atoms with E-state index in [4.69, 9.17) is 14.2 Å². The molecular formula is C28H32O6. The van der Waals surface area contributed by atoms with E-state index in [0.29, 0.717) is 29.9 Å². The number of aromatic hydroxyl groups is 1. The molecule has 0 amide bonds. The first-order valence-electron chi connectivity index (χ1n) is 12.2. The third-order valence-corrected chi connectivity index (χ3v) is 9.08. The van der Waals surface area contributed by atoms with E-state index >= 15 is 0 Å². The lowest BCUT2D eigenvalue weighted by molar-refractivity contribution is -0.171. The first-order valence-corrected chi connectivity index (χ1v) is 12.2. The van der Waals surface area contributed by atoms with Gasteiger partial charge in [0.2, 0.25) is 0 Å². The molecular weight excluding hydrogens is 432 g/mol. The summed E-state index contributed by atoms with van der Waals surface area (Å²) in [5.41, 5.74) is -1.22. The molecule has 7 rings (SSSR count). The highest BCUT2D eigenvalue weighted by molar-refractivity contribution is 6.18. The minimum Gasteiger partial charge on any atom is -0.507 e. The number of hydrogen-bond acceptors (Lipinski definition) is 6. The van der Waals surface area contributed by atoms with Gasteiger partial charge in [-0.2, -0.15) is 0 Å². The number of fused-ring (bicyclic) bond motifs is 3. The fraction of sp³-hybridized carbons (Fsp3) is 0.571. The fourth-order valence-corrected chi connectivity index (χ4v) is 7.16. The molecule has 2 fully saturated rings. The van der Waals surface area contributed by atoms with Crippen molar-refractivity contribution in [2.45, 2.75) is 89.6 Å². The zero-order chi connectivity index (χ0) is 24.6. The Labute approximate surface area is 200 Å². The Kier molecular flexibility index (Phi) is 3.96. The third-order valence-electron chi connectivity index (χ3n) is 9.08. The van der Waals surface area contributed by atoms with Crippen molar-refractivity contribution in [3.63, 3.8) is 0 Å². The minimum absolute atomic E-state index is 0.0208. The van der Waals surface area contributed by atoms with Crippen LogP contribution in [0.15, 0.2) is 29.4 Å². The van der Waals surface area contributed by atoms with E-state index in [2.05, 4.69) is 13.8 Å². The van der Waals surface area contributed by atoms with Crippen molar-refractivity contribution >= 4 is 11.6 Å². The van der Waals surface area contributed by atoms with Crippen molar-refractivity contribution < 1.29 is 28.9 Å². The Morgan fingerprint density at radius 2 is 1.91 bits per heavy atom. The van der Waals surface area contributed by atoms with E-state index < -0.39 is 28.1 Å². The number of benzene rings is 1. The average molecular weight is 465 g/mol. The van der Waals surface area contributed by atoms with Gasteiger partial charge >= 0.3 is 0 Å². The molecule has 1 aromatic carbocycles. The van der Waals surface area contributed by atoms with Crippen molar-refractivity contribution in [1.82, 2.24) is 0 Å². The van der Waals surface area contributed by atoms with Crippen LogP contribution in [-0.2, 0) is 14.9 Å². The molecule has 0 radical (unpaired) electrons. The normalized spacial score (nSPS) is 37.3. The number of Topliss-reactive ketones (excluding diaryl/α,β-unsaturated/α-hetero) is 2. The molecule has 1 spiro atoms. The molecule has 1 N–H and O–H groups in total. The molecule has 3 aliphatic carbocycles. The smallest absolute Gasteiger partial charge is 0.200 e. The van der Waals surface area contributed by atoms with Gasteiger partial charge in [-0.15, -0.1) is 0 Å². The van der Waals surface area contributed by atoms with Gasteiger partial charge in [0.15, 0.2) is 22.8 Å². The van der Waals surface area contributed by atoms with E-state index in [0.717, 1.165) is 11.1 Å². The lowest BCUT2D eigenvalue weighted by Crippen LogP contribution is -2.72. The van der Waals surface area contributed by atoms with E-state index in [1.807, 2.05) is 40.7 Å². The molecule has 5 atom stereocenters. The maximum atomic E-state index is 14.1. The van der Waals surface area contributed by atoms with Gasteiger partial charge in [0.05, 0.1) is 5.60 Å². The third kappa shape index (κ3) is 2.22. The monoisotopic (exact) mass is 464 g/mol. The topological polar surface area (TPSA) is 82.1 Å². The molecule has 6 aliphatic rings. The molecule has 1 saturated heterocycles. The Morgan fingerprint density at radius 1 is 1.21 bits per heavy atom. The summed E-state index contributed by atoms with van der Waals surface area (Å²) in [5.74, 6) is -0.182. The number of carbonyl (C=O) groups excluding carboxylic acids is 2. The summed E-state index contributed by atoms with van der Waals surface area (Å²) in [6.45, 7) is 14.0. The zero-order valence-electron chi connectivity index (χ0n) is 20.9. The first kappa shape index (κ1) is 21.9. The summed E-state index contributed by atoms with van der Waals surface area (Å²) in [5, 5.41) is 10.9. The van der Waals surface area contributed by atoms with Gasteiger partial charge in [-0.1, -0.05) is 31.6 Å². The molecule has 3 heterocycles. The van der Waals surface area contributed by atoms with Crippen molar-refractivity contribution in [2.75, 3.05) is 0 Å². The second-order valence-electron chi connectivity index (χ2n) is 12.0. The number of carbonyl (C=O) groups is 2. The van der Waals surface area contributed by atoms with Crippen LogP contribution in [0.4, 0.5) is 0 Å². The van der Waals surface area contributed by atoms with Gasteiger partial charge in [0.25, 0.3) is 0 Å². The SMILES string of the molecule is CC(C)=CC[C@@]12OC(C)(C)[C@H]3C[C@H](C=C4C(=O)c5c(O)cc6c(c5O[C@]431)C(C)(C)[C@@H](C)O6)C2=O. The molecule has 1 saturated carbocycles. The second-order valence-corrected chi connectivity index (χ2v) is 12.0. The van der Waals surface area contributed by atoms with Gasteiger partial charge in [0.1, 0.15) is 28.9 Å². The Balaban J connectivity index is 1.68. The largest absolute Gasteiger partial charge is 0.507 e. The highest BCUT2D eigenvalue weighted by Crippen LogP contribution is 2.69. The van der Waals surface area contributed by atoms with Crippen molar-refractivity contribution in [3.8, 4) is 17.2 Å². The number of allylic oxidation sites excluding steroid dienone is 2. The van der Waals surface area contributed by atoms with E-state index in [1.165, 1.54) is 6.07 Å². The van der Waals surface area contributed by atoms with Crippen LogP contribution in [0, 0.1) is 11.8 Å². The second kappa shape index (κ2) is 6.14. The maximum Gasteiger partial charge on any atom is 0.200 e. The fourth-order valence-electron chi connectivity index (χ4n) is 7.16. The summed E-state index contributed by atoms with van der Waals surface area (Å²) < 4.78 is 19.8. The summed E-state index contributed by atoms with van der Waals surface area (Å²) in [7, 11) is 0. The predicted molar refractivity (Wildman–Crippen MR) is 126 cm³/mol. The molecule has 3 aliphatic heterocycles. The lowest BCUT2D eigenvalue weighted by Gasteiger charge is -2.56. The number of phenols is 1. The van der Waals surface area contributed by atoms with Crippen LogP contribution in [0.5, 0.6) is 17.2 Å². The number of rotatable bonds is 2. The van der Waals surface area contributed by atoms with Crippen molar-refractivity contribution in [2.24, 2.45) is 11.8 Å². The summed E-state index contributed by atoms with van der Waals surface area (Å²) in [6.07, 6.45) is 4.53. The molecule has 0 unspecified atom stereocenters. The Hall–Kier alpha value is -2.60. The molecule has 180 valence electrons. The number of hydrogen-bond donors (Lipinski definition) is 1. The highest BCUT2D eigenvalue weighted by atomic mass is 16.6. The van der Waals surface area contributed by atoms with E-state index in [1.54, 1.807) is 6.08 Å². The molecule has 4 bridgehead atoms. The maximum absolute atomic E-state index is 14.1. The molecule has 34 heavy (non-hydrogen) atoms. The van der Waals surface area contributed by atoms with Crippen LogP contribution >= 0.6 is 0 Å². The Bertz CT molecular complexity index is 1250. The number of phenolic OH excluding ortho intramolecular Hbond substituents is 1. The first-order chi connectivity index (χ1) is 15.8. The number of ketones is 2. The van der Waals surface area contributed by atoms with Gasteiger partial charge < -0.3 is 19.3 Å². The van der Waals surface area contributed by atoms with Crippen LogP contribution in [0.3, 0.4) is 0 Å². The molecule has 1 aromatic rings. The van der Waals surface area contributed by atoms with E-state index in [9.17, 15) is 14.7 Å². The van der Waals surface area contributed by atoms with Crippen LogP contribution in [0.2, 0.25) is 0 Å². The Morgan fingerprint density at radius 3 is 2.59 bits per heavy atom. The van der Waals surface area contributed by atoms with E-state index in [-0.39, 0.29) is 34.9 Å². The van der Waals surface area contributed by atoms with Gasteiger partial charge in [-0.05, 0) is 41.0 Å². The van der Waals surface area contributed by atoms with Crippen LogP contribution in [0.1, 0.15) is 77.2 Å². The van der Waals surface area contributed by atoms with Crippen LogP contribution in [-0.4, -0.2) is 39.6 Å². The minimum atomic E-state index is -1.30.